The van der Waals surface area contributed by atoms with Gasteiger partial charge in [0.15, 0.2) is 0 Å². The van der Waals surface area contributed by atoms with Crippen molar-refractivity contribution in [2.24, 2.45) is 17.6 Å². The van der Waals surface area contributed by atoms with Gasteiger partial charge in [0.25, 0.3) is 0 Å². The first-order chi connectivity index (χ1) is 11.8. The number of hydrogen-bond acceptors (Lipinski definition) is 2. The SMILES string of the molecule is CC(C)Cc1ccc(C(NC(=O)CCCCNC(N)=O)C(C)C)cc1. The van der Waals surface area contributed by atoms with Gasteiger partial charge in [0, 0.05) is 13.0 Å². The lowest BCUT2D eigenvalue weighted by molar-refractivity contribution is -0.122. The summed E-state index contributed by atoms with van der Waals surface area (Å²) in [6, 6.07) is 8.06. The van der Waals surface area contributed by atoms with E-state index >= 15 is 0 Å². The van der Waals surface area contributed by atoms with Gasteiger partial charge >= 0.3 is 6.03 Å². The van der Waals surface area contributed by atoms with Crippen molar-refractivity contribution in [3.63, 3.8) is 0 Å². The van der Waals surface area contributed by atoms with Crippen LogP contribution in [0.4, 0.5) is 4.79 Å². The summed E-state index contributed by atoms with van der Waals surface area (Å²) in [4.78, 5) is 22.8. The van der Waals surface area contributed by atoms with Gasteiger partial charge in [-0.05, 0) is 42.2 Å². The van der Waals surface area contributed by atoms with Gasteiger partial charge in [0.2, 0.25) is 5.91 Å². The van der Waals surface area contributed by atoms with Crippen LogP contribution in [0.25, 0.3) is 0 Å². The van der Waals surface area contributed by atoms with Crippen LogP contribution in [-0.4, -0.2) is 18.5 Å². The first kappa shape index (κ1) is 21.0. The second-order valence-electron chi connectivity index (χ2n) is 7.38. The highest BCUT2D eigenvalue weighted by Crippen LogP contribution is 2.23. The topological polar surface area (TPSA) is 84.2 Å². The Bertz CT molecular complexity index is 538. The van der Waals surface area contributed by atoms with Gasteiger partial charge in [-0.1, -0.05) is 52.0 Å². The third-order valence-corrected chi connectivity index (χ3v) is 4.10. The zero-order valence-electron chi connectivity index (χ0n) is 16.0. The third-order valence-electron chi connectivity index (χ3n) is 4.10. The third kappa shape index (κ3) is 8.57. The molecule has 5 heteroatoms. The number of unbranched alkanes of at least 4 members (excludes halogenated alkanes) is 1. The number of carbonyl (C=O) groups is 2. The fourth-order valence-corrected chi connectivity index (χ4v) is 2.84. The average Bonchev–Trinajstić information content (AvgIpc) is 2.52. The molecule has 0 heterocycles. The van der Waals surface area contributed by atoms with E-state index in [9.17, 15) is 9.59 Å². The molecule has 1 rings (SSSR count). The Morgan fingerprint density at radius 3 is 2.20 bits per heavy atom. The Balaban J connectivity index is 2.53. The van der Waals surface area contributed by atoms with Crippen LogP contribution in [0.15, 0.2) is 24.3 Å². The van der Waals surface area contributed by atoms with Gasteiger partial charge in [-0.25, -0.2) is 4.79 Å². The number of rotatable bonds is 10. The van der Waals surface area contributed by atoms with Gasteiger partial charge in [-0.15, -0.1) is 0 Å². The highest BCUT2D eigenvalue weighted by Gasteiger charge is 2.18. The maximum atomic E-state index is 12.2. The molecular weight excluding hydrogens is 314 g/mol. The average molecular weight is 348 g/mol. The molecule has 0 saturated heterocycles. The summed E-state index contributed by atoms with van der Waals surface area (Å²) >= 11 is 0. The monoisotopic (exact) mass is 347 g/mol. The van der Waals surface area contributed by atoms with Crippen LogP contribution >= 0.6 is 0 Å². The van der Waals surface area contributed by atoms with Crippen LogP contribution < -0.4 is 16.4 Å². The molecule has 4 N–H and O–H groups in total. The number of nitrogens with two attached hydrogens (primary N) is 1. The molecule has 0 aromatic heterocycles. The van der Waals surface area contributed by atoms with Crippen molar-refractivity contribution in [1.29, 1.82) is 0 Å². The van der Waals surface area contributed by atoms with Crippen LogP contribution in [0.1, 0.15) is 64.1 Å². The number of carbonyl (C=O) groups excluding carboxylic acids is 2. The lowest BCUT2D eigenvalue weighted by atomic mass is 9.93. The second-order valence-corrected chi connectivity index (χ2v) is 7.38. The minimum Gasteiger partial charge on any atom is -0.352 e. The van der Waals surface area contributed by atoms with E-state index in [0.717, 1.165) is 24.8 Å². The van der Waals surface area contributed by atoms with Gasteiger partial charge in [-0.2, -0.15) is 0 Å². The van der Waals surface area contributed by atoms with E-state index in [-0.39, 0.29) is 11.9 Å². The van der Waals surface area contributed by atoms with Gasteiger partial charge in [0.05, 0.1) is 6.04 Å². The molecule has 0 fully saturated rings. The largest absolute Gasteiger partial charge is 0.352 e. The predicted octanol–water partition coefficient (Wildman–Crippen LogP) is 3.54. The minimum atomic E-state index is -0.523. The first-order valence-corrected chi connectivity index (χ1v) is 9.21. The lowest BCUT2D eigenvalue weighted by Crippen LogP contribution is -2.32. The number of primary amides is 1. The molecule has 5 nitrogen and oxygen atoms in total. The maximum Gasteiger partial charge on any atom is 0.312 e. The number of hydrogen-bond donors (Lipinski definition) is 3. The quantitative estimate of drug-likeness (QED) is 0.566. The summed E-state index contributed by atoms with van der Waals surface area (Å²) in [6.07, 6.45) is 2.99. The molecule has 0 bridgehead atoms. The van der Waals surface area contributed by atoms with E-state index in [4.69, 9.17) is 5.73 Å². The number of amides is 3. The van der Waals surface area contributed by atoms with Crippen LogP contribution in [-0.2, 0) is 11.2 Å². The molecular formula is C20H33N3O2. The van der Waals surface area contributed by atoms with Gasteiger partial charge in [0.1, 0.15) is 0 Å². The fraction of sp³-hybridized carbons (Fsp3) is 0.600. The molecule has 1 aromatic carbocycles. The number of nitrogens with one attached hydrogen (secondary N) is 2. The molecule has 25 heavy (non-hydrogen) atoms. The van der Waals surface area contributed by atoms with E-state index < -0.39 is 6.03 Å². The van der Waals surface area contributed by atoms with Crippen molar-refractivity contribution in [3.8, 4) is 0 Å². The second kappa shape index (κ2) is 10.7. The summed E-state index contributed by atoms with van der Waals surface area (Å²) in [5, 5.41) is 5.67. The highest BCUT2D eigenvalue weighted by atomic mass is 16.2. The summed E-state index contributed by atoms with van der Waals surface area (Å²) in [5.41, 5.74) is 7.48. The summed E-state index contributed by atoms with van der Waals surface area (Å²) in [5.74, 6) is 0.996. The first-order valence-electron chi connectivity index (χ1n) is 9.21. The van der Waals surface area contributed by atoms with Crippen LogP contribution in [0.2, 0.25) is 0 Å². The smallest absolute Gasteiger partial charge is 0.312 e. The molecule has 0 spiro atoms. The number of benzene rings is 1. The van der Waals surface area contributed by atoms with Crippen molar-refractivity contribution >= 4 is 11.9 Å². The number of urea groups is 1. The molecule has 1 aromatic rings. The molecule has 3 amide bonds. The van der Waals surface area contributed by atoms with E-state index in [1.807, 2.05) is 0 Å². The van der Waals surface area contributed by atoms with Crippen molar-refractivity contribution in [1.82, 2.24) is 10.6 Å². The normalized spacial score (nSPS) is 12.2. The summed E-state index contributed by atoms with van der Waals surface area (Å²) in [6.45, 7) is 9.16. The van der Waals surface area contributed by atoms with Crippen molar-refractivity contribution in [2.75, 3.05) is 6.54 Å². The van der Waals surface area contributed by atoms with Crippen molar-refractivity contribution < 1.29 is 9.59 Å². The molecule has 0 radical (unpaired) electrons. The fourth-order valence-electron chi connectivity index (χ4n) is 2.84. The molecule has 0 aliphatic carbocycles. The molecule has 0 aliphatic heterocycles. The molecule has 140 valence electrons. The van der Waals surface area contributed by atoms with Crippen LogP contribution in [0.3, 0.4) is 0 Å². The van der Waals surface area contributed by atoms with E-state index in [0.29, 0.717) is 24.8 Å². The van der Waals surface area contributed by atoms with E-state index in [2.05, 4.69) is 62.6 Å². The van der Waals surface area contributed by atoms with Gasteiger partial charge < -0.3 is 16.4 Å². The maximum absolute atomic E-state index is 12.2. The Hall–Kier alpha value is -2.04. The standard InChI is InChI=1S/C20H33N3O2/c1-14(2)13-16-8-10-17(11-9-16)19(15(3)4)23-18(24)7-5-6-12-22-20(21)25/h8-11,14-15,19H,5-7,12-13H2,1-4H3,(H,23,24)(H3,21,22,25). The molecule has 1 atom stereocenters. The Labute approximate surface area is 151 Å². The van der Waals surface area contributed by atoms with E-state index in [1.165, 1.54) is 5.56 Å². The molecule has 0 saturated carbocycles. The molecule has 1 unspecified atom stereocenters. The highest BCUT2D eigenvalue weighted by molar-refractivity contribution is 5.76. The molecule has 0 aliphatic rings. The van der Waals surface area contributed by atoms with Crippen LogP contribution in [0.5, 0.6) is 0 Å². The summed E-state index contributed by atoms with van der Waals surface area (Å²) in [7, 11) is 0. The summed E-state index contributed by atoms with van der Waals surface area (Å²) < 4.78 is 0. The Morgan fingerprint density at radius 2 is 1.68 bits per heavy atom. The van der Waals surface area contributed by atoms with Crippen LogP contribution in [0, 0.1) is 11.8 Å². The zero-order chi connectivity index (χ0) is 18.8. The zero-order valence-corrected chi connectivity index (χ0v) is 16.0. The Morgan fingerprint density at radius 1 is 1.04 bits per heavy atom. The lowest BCUT2D eigenvalue weighted by Gasteiger charge is -2.23. The van der Waals surface area contributed by atoms with Crippen molar-refractivity contribution in [3.05, 3.63) is 35.4 Å². The minimum absolute atomic E-state index is 0.0179. The Kier molecular flexibility index (Phi) is 9.03. The van der Waals surface area contributed by atoms with E-state index in [1.54, 1.807) is 0 Å². The predicted molar refractivity (Wildman–Crippen MR) is 102 cm³/mol. The van der Waals surface area contributed by atoms with Crippen molar-refractivity contribution in [2.45, 2.75) is 59.4 Å². The van der Waals surface area contributed by atoms with Gasteiger partial charge in [-0.3, -0.25) is 4.79 Å².